The first kappa shape index (κ1) is 9.73. The van der Waals surface area contributed by atoms with E-state index < -0.39 is 0 Å². The van der Waals surface area contributed by atoms with Crippen molar-refractivity contribution in [3.8, 4) is 5.75 Å². The van der Waals surface area contributed by atoms with E-state index in [1.165, 1.54) is 0 Å². The summed E-state index contributed by atoms with van der Waals surface area (Å²) in [4.78, 5) is 11.5. The first-order valence-electron chi connectivity index (χ1n) is 4.65. The molecule has 2 aromatic rings. The molecule has 0 spiro atoms. The number of fused-ring (bicyclic) bond motifs is 1. The van der Waals surface area contributed by atoms with Crippen LogP contribution in [-0.2, 0) is 7.05 Å². The molecule has 4 heteroatoms. The third kappa shape index (κ3) is 1.49. The van der Waals surface area contributed by atoms with Gasteiger partial charge in [0.1, 0.15) is 5.75 Å². The Morgan fingerprint density at radius 3 is 2.93 bits per heavy atom. The molecule has 78 valence electrons. The van der Waals surface area contributed by atoms with Crippen molar-refractivity contribution < 1.29 is 9.90 Å². The molecule has 1 heterocycles. The lowest BCUT2D eigenvalue weighted by molar-refractivity contribution is 0.100. The predicted molar refractivity (Wildman–Crippen MR) is 58.0 cm³/mol. The number of ketones is 1. The highest BCUT2D eigenvalue weighted by Gasteiger charge is 2.12. The normalized spacial score (nSPS) is 10.8. The van der Waals surface area contributed by atoms with Gasteiger partial charge in [-0.25, -0.2) is 0 Å². The lowest BCUT2D eigenvalue weighted by Crippen LogP contribution is -2.12. The van der Waals surface area contributed by atoms with E-state index >= 15 is 0 Å². The molecule has 3 N–H and O–H groups in total. The number of hydrogen-bond donors (Lipinski definition) is 2. The summed E-state index contributed by atoms with van der Waals surface area (Å²) in [6.45, 7) is -0.0000102. The number of hydrogen-bond acceptors (Lipinski definition) is 3. The molecule has 0 saturated heterocycles. The minimum Gasteiger partial charge on any atom is -0.508 e. The summed E-state index contributed by atoms with van der Waals surface area (Å²) >= 11 is 0. The van der Waals surface area contributed by atoms with Crippen LogP contribution in [0.15, 0.2) is 24.4 Å². The Kier molecular flexibility index (Phi) is 2.21. The van der Waals surface area contributed by atoms with Crippen molar-refractivity contribution in [1.82, 2.24) is 4.57 Å². The van der Waals surface area contributed by atoms with E-state index in [1.807, 2.05) is 7.05 Å². The quantitative estimate of drug-likeness (QED) is 0.718. The molecular weight excluding hydrogens is 192 g/mol. The van der Waals surface area contributed by atoms with Gasteiger partial charge in [-0.15, -0.1) is 0 Å². The standard InChI is InChI=1S/C11H12N2O2/c1-13-6-9(11(15)5-12)8-3-2-7(14)4-10(8)13/h2-4,6,14H,5,12H2,1H3. The van der Waals surface area contributed by atoms with Crippen LogP contribution >= 0.6 is 0 Å². The molecule has 0 aliphatic heterocycles. The van der Waals surface area contributed by atoms with Gasteiger partial charge in [0.25, 0.3) is 0 Å². The van der Waals surface area contributed by atoms with Gasteiger partial charge >= 0.3 is 0 Å². The number of rotatable bonds is 2. The van der Waals surface area contributed by atoms with Gasteiger partial charge in [-0.05, 0) is 12.1 Å². The molecule has 0 aliphatic carbocycles. The van der Waals surface area contributed by atoms with Gasteiger partial charge in [-0.2, -0.15) is 0 Å². The van der Waals surface area contributed by atoms with Crippen molar-refractivity contribution in [2.24, 2.45) is 12.8 Å². The molecule has 0 atom stereocenters. The summed E-state index contributed by atoms with van der Waals surface area (Å²) in [5.41, 5.74) is 6.76. The Bertz CT molecular complexity index is 529. The lowest BCUT2D eigenvalue weighted by Gasteiger charge is -1.97. The van der Waals surface area contributed by atoms with Crippen LogP contribution in [0.5, 0.6) is 5.75 Å². The number of nitrogens with two attached hydrogens (primary N) is 1. The van der Waals surface area contributed by atoms with Gasteiger partial charge in [-0.1, -0.05) is 0 Å². The van der Waals surface area contributed by atoms with E-state index in [9.17, 15) is 9.90 Å². The van der Waals surface area contributed by atoms with Crippen molar-refractivity contribution in [3.63, 3.8) is 0 Å². The Morgan fingerprint density at radius 1 is 1.53 bits per heavy atom. The molecule has 0 fully saturated rings. The van der Waals surface area contributed by atoms with Crippen molar-refractivity contribution in [2.75, 3.05) is 6.54 Å². The first-order chi connectivity index (χ1) is 7.13. The number of Topliss-reactive ketones (excluding diaryl/α,β-unsaturated/α-hetero) is 1. The highest BCUT2D eigenvalue weighted by atomic mass is 16.3. The molecule has 0 bridgehead atoms. The highest BCUT2D eigenvalue weighted by molar-refractivity contribution is 6.09. The molecule has 4 nitrogen and oxygen atoms in total. The van der Waals surface area contributed by atoms with Crippen LogP contribution in [0.1, 0.15) is 10.4 Å². The largest absolute Gasteiger partial charge is 0.508 e. The molecular formula is C11H12N2O2. The second kappa shape index (κ2) is 3.40. The maximum absolute atomic E-state index is 11.5. The van der Waals surface area contributed by atoms with Gasteiger partial charge < -0.3 is 15.4 Å². The van der Waals surface area contributed by atoms with Crippen LogP contribution in [0.2, 0.25) is 0 Å². The fourth-order valence-electron chi connectivity index (χ4n) is 1.70. The molecule has 0 radical (unpaired) electrons. The van der Waals surface area contributed by atoms with E-state index in [1.54, 1.807) is 29.0 Å². The number of nitrogens with zero attached hydrogens (tertiary/aromatic N) is 1. The number of aromatic nitrogens is 1. The topological polar surface area (TPSA) is 68.2 Å². The minimum atomic E-state index is -0.0914. The average molecular weight is 204 g/mol. The van der Waals surface area contributed by atoms with E-state index in [-0.39, 0.29) is 18.1 Å². The number of phenols is 1. The fraction of sp³-hybridized carbons (Fsp3) is 0.182. The van der Waals surface area contributed by atoms with Crippen LogP contribution in [0, 0.1) is 0 Å². The molecule has 0 aliphatic rings. The second-order valence-electron chi connectivity index (χ2n) is 3.48. The monoisotopic (exact) mass is 204 g/mol. The Hall–Kier alpha value is -1.81. The number of benzene rings is 1. The molecule has 0 amide bonds. The maximum atomic E-state index is 11.5. The number of carbonyl (C=O) groups excluding carboxylic acids is 1. The minimum absolute atomic E-state index is 0.0000102. The van der Waals surface area contributed by atoms with Gasteiger partial charge in [0.2, 0.25) is 0 Å². The number of carbonyl (C=O) groups is 1. The third-order valence-corrected chi connectivity index (χ3v) is 2.46. The van der Waals surface area contributed by atoms with Gasteiger partial charge in [0.15, 0.2) is 5.78 Å². The summed E-state index contributed by atoms with van der Waals surface area (Å²) in [5.74, 6) is 0.0988. The Morgan fingerprint density at radius 2 is 2.27 bits per heavy atom. The highest BCUT2D eigenvalue weighted by Crippen LogP contribution is 2.24. The molecule has 1 aromatic heterocycles. The molecule has 1 aromatic carbocycles. The van der Waals surface area contributed by atoms with Gasteiger partial charge in [0, 0.05) is 30.3 Å². The van der Waals surface area contributed by atoms with Crippen LogP contribution < -0.4 is 5.73 Å². The Labute approximate surface area is 86.9 Å². The SMILES string of the molecule is Cn1cc(C(=O)CN)c2ccc(O)cc21. The molecule has 0 saturated carbocycles. The van der Waals surface area contributed by atoms with Crippen molar-refractivity contribution in [3.05, 3.63) is 30.0 Å². The van der Waals surface area contributed by atoms with E-state index in [0.29, 0.717) is 5.56 Å². The fourth-order valence-corrected chi connectivity index (χ4v) is 1.70. The zero-order valence-corrected chi connectivity index (χ0v) is 8.40. The van der Waals surface area contributed by atoms with Crippen LogP contribution in [-0.4, -0.2) is 22.0 Å². The summed E-state index contributed by atoms with van der Waals surface area (Å²) in [6, 6.07) is 4.92. The van der Waals surface area contributed by atoms with E-state index in [2.05, 4.69) is 0 Å². The molecule has 15 heavy (non-hydrogen) atoms. The zero-order chi connectivity index (χ0) is 11.0. The lowest BCUT2D eigenvalue weighted by atomic mass is 10.1. The smallest absolute Gasteiger partial charge is 0.178 e. The first-order valence-corrected chi connectivity index (χ1v) is 4.65. The van der Waals surface area contributed by atoms with E-state index in [0.717, 1.165) is 10.9 Å². The predicted octanol–water partition coefficient (Wildman–Crippen LogP) is 1.03. The van der Waals surface area contributed by atoms with Crippen LogP contribution in [0.3, 0.4) is 0 Å². The van der Waals surface area contributed by atoms with Crippen molar-refractivity contribution >= 4 is 16.7 Å². The number of aryl methyl sites for hydroxylation is 1. The Balaban J connectivity index is 2.73. The molecule has 0 unspecified atom stereocenters. The van der Waals surface area contributed by atoms with Gasteiger partial charge in [-0.3, -0.25) is 4.79 Å². The third-order valence-electron chi connectivity index (χ3n) is 2.46. The summed E-state index contributed by atoms with van der Waals surface area (Å²) < 4.78 is 1.80. The number of phenolic OH excluding ortho intramolecular Hbond substituents is 1. The average Bonchev–Trinajstić information content (AvgIpc) is 2.55. The molecule has 2 rings (SSSR count). The number of aromatic hydroxyl groups is 1. The second-order valence-corrected chi connectivity index (χ2v) is 3.48. The van der Waals surface area contributed by atoms with Crippen LogP contribution in [0.4, 0.5) is 0 Å². The zero-order valence-electron chi connectivity index (χ0n) is 8.40. The summed E-state index contributed by atoms with van der Waals surface area (Å²) in [7, 11) is 1.83. The maximum Gasteiger partial charge on any atom is 0.178 e. The summed E-state index contributed by atoms with van der Waals surface area (Å²) in [6.07, 6.45) is 1.74. The van der Waals surface area contributed by atoms with E-state index in [4.69, 9.17) is 5.73 Å². The van der Waals surface area contributed by atoms with Crippen molar-refractivity contribution in [2.45, 2.75) is 0 Å². The summed E-state index contributed by atoms with van der Waals surface area (Å²) in [5, 5.41) is 10.2. The van der Waals surface area contributed by atoms with Crippen molar-refractivity contribution in [1.29, 1.82) is 0 Å². The van der Waals surface area contributed by atoms with Crippen LogP contribution in [0.25, 0.3) is 10.9 Å². The van der Waals surface area contributed by atoms with Gasteiger partial charge in [0.05, 0.1) is 12.1 Å².